The Bertz CT molecular complexity index is 688. The minimum Gasteiger partial charge on any atom is -0.390 e. The second-order valence-electron chi connectivity index (χ2n) is 5.66. The molecule has 26 heavy (non-hydrogen) atoms. The summed E-state index contributed by atoms with van der Waals surface area (Å²) in [5.74, 6) is -3.62. The molecule has 0 bridgehead atoms. The maximum atomic E-state index is 13.1. The third-order valence-electron chi connectivity index (χ3n) is 4.18. The van der Waals surface area contributed by atoms with E-state index in [-0.39, 0.29) is 23.6 Å². The van der Waals surface area contributed by atoms with Crippen molar-refractivity contribution < 1.29 is 28.3 Å². The average molecular weight is 390 g/mol. The van der Waals surface area contributed by atoms with Gasteiger partial charge in [-0.05, 0) is 36.6 Å². The first-order valence-corrected chi connectivity index (χ1v) is 8.87. The van der Waals surface area contributed by atoms with Gasteiger partial charge in [-0.25, -0.2) is 4.98 Å². The molecule has 2 rings (SSSR count). The van der Waals surface area contributed by atoms with Crippen molar-refractivity contribution in [2.45, 2.75) is 52.0 Å². The molecule has 0 aliphatic heterocycles. The lowest BCUT2D eigenvalue weighted by Gasteiger charge is -2.25. The zero-order valence-electron chi connectivity index (χ0n) is 14.9. The first-order valence-electron chi connectivity index (χ1n) is 8.49. The van der Waals surface area contributed by atoms with Gasteiger partial charge in [-0.3, -0.25) is 14.4 Å². The molecule has 144 valence electrons. The van der Waals surface area contributed by atoms with Crippen LogP contribution in [-0.4, -0.2) is 27.4 Å². The summed E-state index contributed by atoms with van der Waals surface area (Å²) in [5, 5.41) is 5.56. The Kier molecular flexibility index (Phi) is 7.96. The van der Waals surface area contributed by atoms with E-state index < -0.39 is 41.0 Å². The number of ketones is 3. The van der Waals surface area contributed by atoms with Crippen LogP contribution in [0.3, 0.4) is 0 Å². The molecule has 5 nitrogen and oxygen atoms in total. The molecule has 1 fully saturated rings. The van der Waals surface area contributed by atoms with Crippen molar-refractivity contribution in [3.05, 3.63) is 29.1 Å². The lowest BCUT2D eigenvalue weighted by molar-refractivity contribution is -0.136. The molecular formula is C18H22ClF2NO4. The second kappa shape index (κ2) is 9.28. The molecule has 0 amide bonds. The molecule has 8 heteroatoms. The number of pyridine rings is 1. The lowest BCUT2D eigenvalue weighted by Crippen LogP contribution is -2.40. The van der Waals surface area contributed by atoms with Crippen molar-refractivity contribution in [1.29, 1.82) is 0 Å². The number of Topliss-reactive ketones (excluding diaryl/α,β-unsaturated/α-hetero) is 3. The van der Waals surface area contributed by atoms with Gasteiger partial charge < -0.3 is 5.11 Å². The summed E-state index contributed by atoms with van der Waals surface area (Å²) in [6.45, 7) is 4.99. The van der Waals surface area contributed by atoms with E-state index in [1.54, 1.807) is 6.92 Å². The summed E-state index contributed by atoms with van der Waals surface area (Å²) < 4.78 is 26.2. The van der Waals surface area contributed by atoms with Crippen molar-refractivity contribution in [3.63, 3.8) is 0 Å². The highest BCUT2D eigenvalue weighted by molar-refractivity contribution is 6.26. The van der Waals surface area contributed by atoms with Crippen LogP contribution in [0.2, 0.25) is 0 Å². The van der Waals surface area contributed by atoms with Crippen LogP contribution in [0.5, 0.6) is 0 Å². The summed E-state index contributed by atoms with van der Waals surface area (Å²) >= 11 is 4.88. The van der Waals surface area contributed by atoms with E-state index in [1.165, 1.54) is 0 Å². The number of aromatic nitrogens is 1. The van der Waals surface area contributed by atoms with E-state index in [0.717, 1.165) is 12.1 Å². The van der Waals surface area contributed by atoms with Crippen LogP contribution in [0.1, 0.15) is 61.8 Å². The van der Waals surface area contributed by atoms with E-state index >= 15 is 0 Å². The smallest absolute Gasteiger partial charge is 0.364 e. The highest BCUT2D eigenvalue weighted by atomic mass is 35.5. The second-order valence-corrected chi connectivity index (χ2v) is 6.13. The van der Waals surface area contributed by atoms with Crippen molar-refractivity contribution in [2.75, 3.05) is 0 Å². The SMILES string of the molecule is CC.CCC1CCC(=O)C(C(=O)c2ccc(C(F)(F)Cl)nc2CO)C1=O. The summed E-state index contributed by atoms with van der Waals surface area (Å²) in [6, 6.07) is 1.86. The molecule has 2 unspecified atom stereocenters. The average Bonchev–Trinajstić information content (AvgIpc) is 2.62. The van der Waals surface area contributed by atoms with Crippen molar-refractivity contribution in [1.82, 2.24) is 4.98 Å². The summed E-state index contributed by atoms with van der Waals surface area (Å²) in [5.41, 5.74) is -1.37. The van der Waals surface area contributed by atoms with Gasteiger partial charge in [-0.1, -0.05) is 20.8 Å². The van der Waals surface area contributed by atoms with Gasteiger partial charge in [0, 0.05) is 17.9 Å². The third-order valence-corrected chi connectivity index (χ3v) is 4.38. The Morgan fingerprint density at radius 1 is 1.35 bits per heavy atom. The van der Waals surface area contributed by atoms with E-state index in [1.807, 2.05) is 13.8 Å². The summed E-state index contributed by atoms with van der Waals surface area (Å²) in [4.78, 5) is 40.5. The first kappa shape index (κ1) is 22.3. The number of hydrogen-bond acceptors (Lipinski definition) is 5. The third kappa shape index (κ3) is 4.71. The number of carbonyl (C=O) groups excluding carboxylic acids is 3. The predicted octanol–water partition coefficient (Wildman–Crippen LogP) is 3.65. The van der Waals surface area contributed by atoms with Crippen LogP contribution in [0.25, 0.3) is 0 Å². The highest BCUT2D eigenvalue weighted by Gasteiger charge is 2.42. The molecule has 0 spiro atoms. The normalized spacial score (nSPS) is 20.4. The Hall–Kier alpha value is -1.73. The zero-order chi connectivity index (χ0) is 20.1. The number of aliphatic hydroxyl groups is 1. The first-order chi connectivity index (χ1) is 12.2. The molecule has 1 aromatic heterocycles. The summed E-state index contributed by atoms with van der Waals surface area (Å²) in [7, 11) is 0. The van der Waals surface area contributed by atoms with Crippen molar-refractivity contribution in [2.24, 2.45) is 11.8 Å². The highest BCUT2D eigenvalue weighted by Crippen LogP contribution is 2.33. The van der Waals surface area contributed by atoms with Crippen LogP contribution in [0, 0.1) is 11.8 Å². The fourth-order valence-corrected chi connectivity index (χ4v) is 2.94. The molecule has 1 N–H and O–H groups in total. The molecule has 0 radical (unpaired) electrons. The number of halogens is 3. The minimum atomic E-state index is -3.75. The minimum absolute atomic E-state index is 0.111. The summed E-state index contributed by atoms with van der Waals surface area (Å²) in [6.07, 6.45) is 1.03. The fraction of sp³-hybridized carbons (Fsp3) is 0.556. The molecule has 1 aromatic rings. The van der Waals surface area contributed by atoms with Crippen LogP contribution in [0.15, 0.2) is 12.1 Å². The predicted molar refractivity (Wildman–Crippen MR) is 92.1 cm³/mol. The van der Waals surface area contributed by atoms with Crippen molar-refractivity contribution >= 4 is 29.0 Å². The van der Waals surface area contributed by atoms with Gasteiger partial charge in [0.2, 0.25) is 0 Å². The quantitative estimate of drug-likeness (QED) is 0.472. The Morgan fingerprint density at radius 3 is 2.46 bits per heavy atom. The topological polar surface area (TPSA) is 84.3 Å². The largest absolute Gasteiger partial charge is 0.390 e. The van der Waals surface area contributed by atoms with Gasteiger partial charge in [-0.15, -0.1) is 0 Å². The van der Waals surface area contributed by atoms with Crippen molar-refractivity contribution in [3.8, 4) is 0 Å². The Balaban J connectivity index is 0.00000163. The van der Waals surface area contributed by atoms with Gasteiger partial charge >= 0.3 is 5.38 Å². The van der Waals surface area contributed by atoms with Crippen LogP contribution < -0.4 is 0 Å². The van der Waals surface area contributed by atoms with Gasteiger partial charge in [0.1, 0.15) is 11.6 Å². The van der Waals surface area contributed by atoms with E-state index in [9.17, 15) is 28.3 Å². The van der Waals surface area contributed by atoms with Gasteiger partial charge in [-0.2, -0.15) is 8.78 Å². The molecule has 1 heterocycles. The maximum Gasteiger partial charge on any atom is 0.364 e. The molecule has 0 saturated heterocycles. The Morgan fingerprint density at radius 2 is 1.96 bits per heavy atom. The number of hydrogen-bond donors (Lipinski definition) is 1. The number of nitrogens with zero attached hydrogens (tertiary/aromatic N) is 1. The van der Waals surface area contributed by atoms with Crippen LogP contribution >= 0.6 is 11.6 Å². The number of aliphatic hydroxyl groups excluding tert-OH is 1. The van der Waals surface area contributed by atoms with Crippen LogP contribution in [0.4, 0.5) is 8.78 Å². The number of carbonyl (C=O) groups is 3. The molecule has 2 atom stereocenters. The van der Waals surface area contributed by atoms with E-state index in [0.29, 0.717) is 12.8 Å². The number of alkyl halides is 3. The zero-order valence-corrected chi connectivity index (χ0v) is 15.6. The Labute approximate surface area is 155 Å². The molecule has 1 aliphatic rings. The maximum absolute atomic E-state index is 13.1. The molecule has 1 aliphatic carbocycles. The van der Waals surface area contributed by atoms with Gasteiger partial charge in [0.05, 0.1) is 12.3 Å². The van der Waals surface area contributed by atoms with E-state index in [4.69, 9.17) is 11.6 Å². The molecule has 0 aromatic carbocycles. The number of rotatable bonds is 5. The van der Waals surface area contributed by atoms with Crippen LogP contribution in [-0.2, 0) is 21.6 Å². The monoisotopic (exact) mass is 389 g/mol. The lowest BCUT2D eigenvalue weighted by atomic mass is 9.75. The fourth-order valence-electron chi connectivity index (χ4n) is 2.84. The standard InChI is InChI=1S/C16H16ClF2NO4.C2H6/c1-2-8-3-5-11(22)13(14(8)23)15(24)9-4-6-12(16(17,18)19)20-10(9)7-21;1-2/h4,6,8,13,21H,2-3,5,7H2,1H3;1-2H3. The van der Waals surface area contributed by atoms with Gasteiger partial charge in [0.25, 0.3) is 0 Å². The van der Waals surface area contributed by atoms with Gasteiger partial charge in [0.15, 0.2) is 17.3 Å². The molecular weight excluding hydrogens is 368 g/mol. The molecule has 1 saturated carbocycles. The van der Waals surface area contributed by atoms with E-state index in [2.05, 4.69) is 4.98 Å².